The van der Waals surface area contributed by atoms with Crippen molar-refractivity contribution in [3.05, 3.63) is 70.9 Å². The number of pyridine rings is 1. The molecule has 32 heavy (non-hydrogen) atoms. The van der Waals surface area contributed by atoms with Crippen LogP contribution in [-0.2, 0) is 12.4 Å². The Balaban J connectivity index is 1.68. The highest BCUT2D eigenvalue weighted by Crippen LogP contribution is 2.39. The standard InChI is InChI=1S/C21H15F6N3OS/c22-20(23,24)14-4-1-3-12-13(8-18(21(25,26)27)30-19(12)14)16(31)10-28-11-7-15(29-9-11)17-5-2-6-32-17/h1-9,16,28-29,31H,10H2. The summed E-state index contributed by atoms with van der Waals surface area (Å²) in [6.45, 7) is -0.228. The van der Waals surface area contributed by atoms with Crippen LogP contribution in [0.3, 0.4) is 0 Å². The Morgan fingerprint density at radius 2 is 1.81 bits per heavy atom. The van der Waals surface area contributed by atoms with Crippen molar-refractivity contribution in [3.8, 4) is 10.6 Å². The third-order valence-corrected chi connectivity index (χ3v) is 5.70. The van der Waals surface area contributed by atoms with Crippen LogP contribution in [0, 0.1) is 0 Å². The number of thiophene rings is 1. The molecule has 4 aromatic rings. The molecule has 3 aromatic heterocycles. The van der Waals surface area contributed by atoms with Crippen LogP contribution < -0.4 is 5.32 Å². The number of hydrogen-bond acceptors (Lipinski definition) is 4. The van der Waals surface area contributed by atoms with Crippen molar-refractivity contribution < 1.29 is 31.4 Å². The highest BCUT2D eigenvalue weighted by atomic mass is 32.1. The number of benzene rings is 1. The highest BCUT2D eigenvalue weighted by molar-refractivity contribution is 7.13. The molecule has 0 spiro atoms. The zero-order chi connectivity index (χ0) is 23.1. The Kier molecular flexibility index (Phi) is 5.63. The minimum absolute atomic E-state index is 0.199. The summed E-state index contributed by atoms with van der Waals surface area (Å²) in [7, 11) is 0. The Hall–Kier alpha value is -3.05. The second kappa shape index (κ2) is 8.14. The highest BCUT2D eigenvalue weighted by Gasteiger charge is 2.38. The SMILES string of the molecule is OC(CNc1c[nH]c(-c2cccs2)c1)c1cc(C(F)(F)F)nc2c(C(F)(F)F)cccc12. The van der Waals surface area contributed by atoms with Crippen LogP contribution in [0.15, 0.2) is 54.0 Å². The Morgan fingerprint density at radius 1 is 1.03 bits per heavy atom. The maximum absolute atomic E-state index is 13.4. The van der Waals surface area contributed by atoms with Crippen LogP contribution in [0.5, 0.6) is 0 Å². The average Bonchev–Trinajstić information content (AvgIpc) is 3.41. The number of rotatable bonds is 5. The minimum Gasteiger partial charge on any atom is -0.387 e. The fourth-order valence-electron chi connectivity index (χ4n) is 3.32. The van der Waals surface area contributed by atoms with E-state index < -0.39 is 35.2 Å². The topological polar surface area (TPSA) is 60.9 Å². The van der Waals surface area contributed by atoms with E-state index in [1.807, 2.05) is 17.5 Å². The van der Waals surface area contributed by atoms with Crippen LogP contribution in [0.1, 0.15) is 22.9 Å². The zero-order valence-electron chi connectivity index (χ0n) is 16.1. The van der Waals surface area contributed by atoms with E-state index in [1.54, 1.807) is 12.3 Å². The molecule has 0 aliphatic rings. The number of H-pyrrole nitrogens is 1. The fourth-order valence-corrected chi connectivity index (χ4v) is 4.02. The van der Waals surface area contributed by atoms with Gasteiger partial charge in [0, 0.05) is 18.1 Å². The molecule has 0 fully saturated rings. The largest absolute Gasteiger partial charge is 0.433 e. The van der Waals surface area contributed by atoms with Gasteiger partial charge >= 0.3 is 12.4 Å². The molecule has 1 atom stereocenters. The molecule has 4 rings (SSSR count). The molecule has 0 amide bonds. The number of fused-ring (bicyclic) bond motifs is 1. The van der Waals surface area contributed by atoms with Gasteiger partial charge in [0.15, 0.2) is 0 Å². The van der Waals surface area contributed by atoms with Gasteiger partial charge in [-0.05, 0) is 35.2 Å². The van der Waals surface area contributed by atoms with E-state index in [4.69, 9.17) is 0 Å². The number of anilines is 1. The molecule has 0 aliphatic carbocycles. The monoisotopic (exact) mass is 471 g/mol. The minimum atomic E-state index is -4.98. The van der Waals surface area contributed by atoms with Crippen molar-refractivity contribution in [1.29, 1.82) is 0 Å². The number of nitrogens with one attached hydrogen (secondary N) is 2. The number of aliphatic hydroxyl groups excluding tert-OH is 1. The molecule has 168 valence electrons. The van der Waals surface area contributed by atoms with Gasteiger partial charge in [0.05, 0.1) is 33.4 Å². The van der Waals surface area contributed by atoms with Gasteiger partial charge in [0.1, 0.15) is 5.69 Å². The quantitative estimate of drug-likeness (QED) is 0.292. The van der Waals surface area contributed by atoms with Crippen molar-refractivity contribution in [3.63, 3.8) is 0 Å². The molecule has 0 bridgehead atoms. The zero-order valence-corrected chi connectivity index (χ0v) is 16.9. The number of aromatic nitrogens is 2. The molecular weight excluding hydrogens is 456 g/mol. The second-order valence-electron chi connectivity index (χ2n) is 6.97. The molecule has 1 aromatic carbocycles. The molecule has 0 radical (unpaired) electrons. The summed E-state index contributed by atoms with van der Waals surface area (Å²) in [5, 5.41) is 15.2. The molecular formula is C21H15F6N3OS. The first kappa shape index (κ1) is 22.2. The number of para-hydroxylation sites is 1. The summed E-state index contributed by atoms with van der Waals surface area (Å²) in [6.07, 6.45) is -9.79. The van der Waals surface area contributed by atoms with Crippen molar-refractivity contribution in [1.82, 2.24) is 9.97 Å². The van der Waals surface area contributed by atoms with Crippen LogP contribution in [0.4, 0.5) is 32.0 Å². The molecule has 3 heterocycles. The van der Waals surface area contributed by atoms with Gasteiger partial charge in [-0.15, -0.1) is 11.3 Å². The summed E-state index contributed by atoms with van der Waals surface area (Å²) in [5.41, 5.74) is -2.58. The lowest BCUT2D eigenvalue weighted by Gasteiger charge is -2.19. The molecule has 0 aliphatic heterocycles. The van der Waals surface area contributed by atoms with Crippen LogP contribution >= 0.6 is 11.3 Å². The maximum atomic E-state index is 13.4. The lowest BCUT2D eigenvalue weighted by molar-refractivity contribution is -0.142. The number of aliphatic hydroxyl groups is 1. The van der Waals surface area contributed by atoms with E-state index in [2.05, 4.69) is 15.3 Å². The Labute approximate surface area is 181 Å². The van der Waals surface area contributed by atoms with Crippen LogP contribution in [0.2, 0.25) is 0 Å². The van der Waals surface area contributed by atoms with Gasteiger partial charge < -0.3 is 15.4 Å². The van der Waals surface area contributed by atoms with E-state index >= 15 is 0 Å². The first-order chi connectivity index (χ1) is 15.0. The molecule has 0 saturated heterocycles. The first-order valence-corrected chi connectivity index (χ1v) is 10.1. The van der Waals surface area contributed by atoms with E-state index in [0.29, 0.717) is 17.8 Å². The van der Waals surface area contributed by atoms with E-state index in [-0.39, 0.29) is 17.5 Å². The van der Waals surface area contributed by atoms with Crippen molar-refractivity contribution in [2.24, 2.45) is 0 Å². The van der Waals surface area contributed by atoms with Gasteiger partial charge in [-0.25, -0.2) is 4.98 Å². The fraction of sp³-hybridized carbons (Fsp3) is 0.190. The maximum Gasteiger partial charge on any atom is 0.433 e. The normalized spacial score (nSPS) is 13.5. The van der Waals surface area contributed by atoms with E-state index in [1.165, 1.54) is 17.4 Å². The third kappa shape index (κ3) is 4.44. The van der Waals surface area contributed by atoms with Crippen molar-refractivity contribution in [2.45, 2.75) is 18.5 Å². The summed E-state index contributed by atoms with van der Waals surface area (Å²) >= 11 is 1.51. The molecule has 1 unspecified atom stereocenters. The lowest BCUT2D eigenvalue weighted by atomic mass is 9.99. The summed E-state index contributed by atoms with van der Waals surface area (Å²) < 4.78 is 80.1. The molecule has 11 heteroatoms. The van der Waals surface area contributed by atoms with Crippen LogP contribution in [-0.4, -0.2) is 21.6 Å². The van der Waals surface area contributed by atoms with E-state index in [9.17, 15) is 31.4 Å². The average molecular weight is 471 g/mol. The summed E-state index contributed by atoms with van der Waals surface area (Å²) in [4.78, 5) is 7.23. The van der Waals surface area contributed by atoms with Gasteiger partial charge in [-0.1, -0.05) is 18.2 Å². The molecule has 0 saturated carbocycles. The first-order valence-electron chi connectivity index (χ1n) is 9.26. The smallest absolute Gasteiger partial charge is 0.387 e. The second-order valence-corrected chi connectivity index (χ2v) is 7.92. The number of halogens is 6. The predicted octanol–water partition coefficient (Wildman–Crippen LogP) is 6.47. The van der Waals surface area contributed by atoms with E-state index in [0.717, 1.165) is 16.6 Å². The lowest BCUT2D eigenvalue weighted by Crippen LogP contribution is -2.17. The number of hydrogen-bond donors (Lipinski definition) is 3. The Bertz CT molecular complexity index is 1230. The number of alkyl halides is 6. The van der Waals surface area contributed by atoms with Crippen molar-refractivity contribution >= 4 is 27.9 Å². The number of aromatic amines is 1. The Morgan fingerprint density at radius 3 is 2.47 bits per heavy atom. The van der Waals surface area contributed by atoms with Crippen molar-refractivity contribution in [2.75, 3.05) is 11.9 Å². The number of nitrogens with zero attached hydrogens (tertiary/aromatic N) is 1. The van der Waals surface area contributed by atoms with Gasteiger partial charge in [0.2, 0.25) is 0 Å². The summed E-state index contributed by atoms with van der Waals surface area (Å²) in [5.74, 6) is 0. The van der Waals surface area contributed by atoms with Gasteiger partial charge in [0.25, 0.3) is 0 Å². The van der Waals surface area contributed by atoms with Gasteiger partial charge in [-0.2, -0.15) is 26.3 Å². The van der Waals surface area contributed by atoms with Gasteiger partial charge in [-0.3, -0.25) is 0 Å². The molecule has 4 nitrogen and oxygen atoms in total. The third-order valence-electron chi connectivity index (χ3n) is 4.80. The molecule has 3 N–H and O–H groups in total. The predicted molar refractivity (Wildman–Crippen MR) is 109 cm³/mol. The van der Waals surface area contributed by atoms with Crippen LogP contribution in [0.25, 0.3) is 21.5 Å². The summed E-state index contributed by atoms with van der Waals surface area (Å²) in [6, 6.07) is 9.06.